The molecule has 1 fully saturated rings. The third-order valence-electron chi connectivity index (χ3n) is 6.06. The quantitative estimate of drug-likeness (QED) is 0.482. The van der Waals surface area contributed by atoms with Gasteiger partial charge in [0.15, 0.2) is 0 Å². The van der Waals surface area contributed by atoms with E-state index >= 15 is 0 Å². The number of carboxylic acids is 1. The fraction of sp³-hybridized carbons (Fsp3) is 0.320. The van der Waals surface area contributed by atoms with Crippen LogP contribution < -0.4 is 10.2 Å². The van der Waals surface area contributed by atoms with Crippen LogP contribution in [-0.4, -0.2) is 45.7 Å². The molecule has 1 saturated heterocycles. The number of piperidine rings is 1. The highest BCUT2D eigenvalue weighted by atomic mass is 35.5. The number of rotatable bonds is 8. The molecule has 1 atom stereocenters. The highest BCUT2D eigenvalue weighted by Gasteiger charge is 2.29. The van der Waals surface area contributed by atoms with Gasteiger partial charge < -0.3 is 19.9 Å². The Kier molecular flexibility index (Phi) is 7.75. The van der Waals surface area contributed by atoms with Crippen LogP contribution in [0, 0.1) is 5.92 Å². The summed E-state index contributed by atoms with van der Waals surface area (Å²) < 4.78 is 1.90. The Labute approximate surface area is 208 Å². The third kappa shape index (κ3) is 5.90. The van der Waals surface area contributed by atoms with Crippen molar-refractivity contribution in [3.63, 3.8) is 0 Å². The molecule has 2 N–H and O–H groups in total. The lowest BCUT2D eigenvalue weighted by Gasteiger charge is -2.34. The Morgan fingerprint density at radius 3 is 2.53 bits per heavy atom. The average molecular weight is 501 g/mol. The van der Waals surface area contributed by atoms with Crippen LogP contribution in [-0.2, 0) is 22.6 Å². The minimum absolute atomic E-state index is 0.125. The third-order valence-corrected chi connectivity index (χ3v) is 6.87. The van der Waals surface area contributed by atoms with Gasteiger partial charge in [0.05, 0.1) is 27.8 Å². The number of anilines is 1. The number of hydrogen-bond acceptors (Lipinski definition) is 4. The Morgan fingerprint density at radius 1 is 1.09 bits per heavy atom. The lowest BCUT2D eigenvalue weighted by molar-refractivity contribution is -0.142. The molecule has 1 aliphatic rings. The normalized spacial score (nSPS) is 15.2. The van der Waals surface area contributed by atoms with Crippen LogP contribution in [0.25, 0.3) is 0 Å². The number of benzene rings is 2. The van der Waals surface area contributed by atoms with E-state index in [0.717, 1.165) is 11.3 Å². The first-order valence-electron chi connectivity index (χ1n) is 11.2. The fourth-order valence-electron chi connectivity index (χ4n) is 4.21. The first-order valence-corrected chi connectivity index (χ1v) is 11.9. The minimum Gasteiger partial charge on any atom is -0.480 e. The van der Waals surface area contributed by atoms with Crippen molar-refractivity contribution >= 4 is 40.8 Å². The predicted octanol–water partition coefficient (Wildman–Crippen LogP) is 4.27. The van der Waals surface area contributed by atoms with Crippen molar-refractivity contribution in [2.24, 2.45) is 5.92 Å². The second kappa shape index (κ2) is 10.9. The monoisotopic (exact) mass is 500 g/mol. The van der Waals surface area contributed by atoms with E-state index in [0.29, 0.717) is 48.2 Å². The molecule has 7 nitrogen and oxygen atoms in total. The smallest absolute Gasteiger partial charge is 0.326 e. The van der Waals surface area contributed by atoms with Crippen molar-refractivity contribution in [3.05, 3.63) is 82.4 Å². The number of aromatic nitrogens is 2. The predicted molar refractivity (Wildman–Crippen MR) is 132 cm³/mol. The number of halogens is 2. The van der Waals surface area contributed by atoms with Gasteiger partial charge in [-0.05, 0) is 30.5 Å². The van der Waals surface area contributed by atoms with E-state index < -0.39 is 12.0 Å². The van der Waals surface area contributed by atoms with Crippen molar-refractivity contribution in [2.45, 2.75) is 31.8 Å². The number of carbonyl (C=O) groups is 2. The Morgan fingerprint density at radius 2 is 1.82 bits per heavy atom. The maximum Gasteiger partial charge on any atom is 0.326 e. The van der Waals surface area contributed by atoms with E-state index in [2.05, 4.69) is 15.2 Å². The standard InChI is InChI=1S/C25H26Cl2N4O3/c26-20-7-4-8-22(23(20)27)31-11-9-18(10-12-31)24(32)29-21(25(33)34)13-19-15-30(16-28-19)14-17-5-2-1-3-6-17/h1-8,15-16,18,21H,9-14H2,(H,29,32)(H,33,34). The fourth-order valence-corrected chi connectivity index (χ4v) is 4.63. The summed E-state index contributed by atoms with van der Waals surface area (Å²) in [7, 11) is 0. The minimum atomic E-state index is -1.07. The summed E-state index contributed by atoms with van der Waals surface area (Å²) in [6, 6.07) is 14.4. The van der Waals surface area contributed by atoms with E-state index in [-0.39, 0.29) is 18.2 Å². The topological polar surface area (TPSA) is 87.5 Å². The summed E-state index contributed by atoms with van der Waals surface area (Å²) in [5, 5.41) is 13.4. The molecule has 4 rings (SSSR count). The van der Waals surface area contributed by atoms with E-state index in [9.17, 15) is 14.7 Å². The van der Waals surface area contributed by atoms with Crippen LogP contribution in [0.4, 0.5) is 5.69 Å². The summed E-state index contributed by atoms with van der Waals surface area (Å²) >= 11 is 12.4. The zero-order valence-corrected chi connectivity index (χ0v) is 20.0. The summed E-state index contributed by atoms with van der Waals surface area (Å²) in [4.78, 5) is 31.1. The molecule has 1 aromatic heterocycles. The van der Waals surface area contributed by atoms with Crippen LogP contribution in [0.1, 0.15) is 24.1 Å². The molecule has 0 aliphatic carbocycles. The van der Waals surface area contributed by atoms with Crippen LogP contribution in [0.15, 0.2) is 61.1 Å². The SMILES string of the molecule is O=C(NC(Cc1cn(Cc2ccccc2)cn1)C(=O)O)C1CCN(c2cccc(Cl)c2Cl)CC1. The summed E-state index contributed by atoms with van der Waals surface area (Å²) in [6.45, 7) is 1.92. The van der Waals surface area contributed by atoms with Gasteiger partial charge in [0.2, 0.25) is 5.91 Å². The molecule has 1 unspecified atom stereocenters. The Bertz CT molecular complexity index is 1140. The second-order valence-electron chi connectivity index (χ2n) is 8.46. The van der Waals surface area contributed by atoms with E-state index in [1.165, 1.54) is 0 Å². The lowest BCUT2D eigenvalue weighted by atomic mass is 9.95. The highest BCUT2D eigenvalue weighted by Crippen LogP contribution is 2.34. The number of nitrogens with zero attached hydrogens (tertiary/aromatic N) is 3. The van der Waals surface area contributed by atoms with Crippen LogP contribution >= 0.6 is 23.2 Å². The van der Waals surface area contributed by atoms with Crippen molar-refractivity contribution < 1.29 is 14.7 Å². The van der Waals surface area contributed by atoms with Gasteiger partial charge in [-0.1, -0.05) is 59.6 Å². The number of carbonyl (C=O) groups excluding carboxylic acids is 1. The number of aliphatic carboxylic acids is 1. The lowest BCUT2D eigenvalue weighted by Crippen LogP contribution is -2.47. The molecule has 1 amide bonds. The van der Waals surface area contributed by atoms with Gasteiger partial charge in [-0.3, -0.25) is 4.79 Å². The van der Waals surface area contributed by atoms with Crippen LogP contribution in [0.2, 0.25) is 10.0 Å². The number of hydrogen-bond donors (Lipinski definition) is 2. The van der Waals surface area contributed by atoms with Crippen molar-refractivity contribution in [1.29, 1.82) is 0 Å². The number of nitrogens with one attached hydrogen (secondary N) is 1. The van der Waals surface area contributed by atoms with Gasteiger partial charge in [0.1, 0.15) is 6.04 Å². The van der Waals surface area contributed by atoms with Gasteiger partial charge in [-0.25, -0.2) is 9.78 Å². The summed E-state index contributed by atoms with van der Waals surface area (Å²) in [5.74, 6) is -1.58. The zero-order valence-electron chi connectivity index (χ0n) is 18.5. The molecule has 178 valence electrons. The maximum atomic E-state index is 12.8. The van der Waals surface area contributed by atoms with Gasteiger partial charge in [-0.15, -0.1) is 0 Å². The molecular formula is C25H26Cl2N4O3. The second-order valence-corrected chi connectivity index (χ2v) is 9.25. The molecule has 0 bridgehead atoms. The summed E-state index contributed by atoms with van der Waals surface area (Å²) in [6.07, 6.45) is 4.83. The number of imidazole rings is 1. The molecule has 9 heteroatoms. The molecule has 0 saturated carbocycles. The van der Waals surface area contributed by atoms with Crippen molar-refractivity contribution in [1.82, 2.24) is 14.9 Å². The molecule has 1 aliphatic heterocycles. The number of amides is 1. The van der Waals surface area contributed by atoms with Crippen LogP contribution in [0.3, 0.4) is 0 Å². The van der Waals surface area contributed by atoms with Crippen LogP contribution in [0.5, 0.6) is 0 Å². The molecule has 0 radical (unpaired) electrons. The van der Waals surface area contributed by atoms with Crippen molar-refractivity contribution in [3.8, 4) is 0 Å². The van der Waals surface area contributed by atoms with Gasteiger partial charge in [-0.2, -0.15) is 0 Å². The van der Waals surface area contributed by atoms with E-state index in [4.69, 9.17) is 23.2 Å². The highest BCUT2D eigenvalue weighted by molar-refractivity contribution is 6.43. The zero-order chi connectivity index (χ0) is 24.1. The largest absolute Gasteiger partial charge is 0.480 e. The molecular weight excluding hydrogens is 475 g/mol. The first-order chi connectivity index (χ1) is 16.4. The van der Waals surface area contributed by atoms with E-state index in [1.54, 1.807) is 12.4 Å². The van der Waals surface area contributed by atoms with E-state index in [1.807, 2.05) is 53.2 Å². The van der Waals surface area contributed by atoms with Gasteiger partial charge in [0, 0.05) is 38.2 Å². The summed E-state index contributed by atoms with van der Waals surface area (Å²) in [5.41, 5.74) is 2.59. The Hall–Kier alpha value is -3.03. The molecule has 3 aromatic rings. The first kappa shape index (κ1) is 24.1. The number of carboxylic acid groups (broad SMARTS) is 1. The Balaban J connectivity index is 1.32. The molecule has 2 aromatic carbocycles. The van der Waals surface area contributed by atoms with Gasteiger partial charge in [0.25, 0.3) is 0 Å². The molecule has 34 heavy (non-hydrogen) atoms. The molecule has 2 heterocycles. The average Bonchev–Trinajstić information content (AvgIpc) is 3.28. The van der Waals surface area contributed by atoms with Gasteiger partial charge >= 0.3 is 5.97 Å². The van der Waals surface area contributed by atoms with Crippen molar-refractivity contribution in [2.75, 3.05) is 18.0 Å². The maximum absolute atomic E-state index is 12.8. The molecule has 0 spiro atoms.